The summed E-state index contributed by atoms with van der Waals surface area (Å²) in [5.74, 6) is -0.179. The summed E-state index contributed by atoms with van der Waals surface area (Å²) in [5.41, 5.74) is 2.41. The second kappa shape index (κ2) is 10.4. The minimum Gasteiger partial charge on any atom is -0.351 e. The van der Waals surface area contributed by atoms with Crippen LogP contribution in [-0.2, 0) is 17.8 Å². The summed E-state index contributed by atoms with van der Waals surface area (Å²) in [7, 11) is 0. The van der Waals surface area contributed by atoms with E-state index in [9.17, 15) is 9.59 Å². The van der Waals surface area contributed by atoms with E-state index >= 15 is 0 Å². The van der Waals surface area contributed by atoms with Gasteiger partial charge in [-0.15, -0.1) is 22.7 Å². The SMILES string of the molecule is CCCCc1ccc(C(NC(=O)c2ccc(CNC(C)=O)s2)c2cccs2)cc1. The molecule has 1 aromatic carbocycles. The maximum atomic E-state index is 12.9. The molecule has 2 N–H and O–H groups in total. The topological polar surface area (TPSA) is 58.2 Å². The van der Waals surface area contributed by atoms with Crippen molar-refractivity contribution >= 4 is 34.5 Å². The van der Waals surface area contributed by atoms with Crippen molar-refractivity contribution in [3.63, 3.8) is 0 Å². The summed E-state index contributed by atoms with van der Waals surface area (Å²) in [5, 5.41) is 7.98. The molecule has 29 heavy (non-hydrogen) atoms. The lowest BCUT2D eigenvalue weighted by Gasteiger charge is -2.18. The minimum atomic E-state index is -0.177. The average Bonchev–Trinajstić information content (AvgIpc) is 3.41. The van der Waals surface area contributed by atoms with Gasteiger partial charge in [-0.3, -0.25) is 9.59 Å². The summed E-state index contributed by atoms with van der Waals surface area (Å²) < 4.78 is 0. The number of amides is 2. The quantitative estimate of drug-likeness (QED) is 0.487. The van der Waals surface area contributed by atoms with Crippen molar-refractivity contribution in [2.75, 3.05) is 0 Å². The second-order valence-electron chi connectivity index (χ2n) is 6.94. The van der Waals surface area contributed by atoms with Crippen LogP contribution in [0.15, 0.2) is 53.9 Å². The third kappa shape index (κ3) is 6.02. The Hall–Kier alpha value is -2.44. The van der Waals surface area contributed by atoms with Gasteiger partial charge in [0, 0.05) is 16.7 Å². The Morgan fingerprint density at radius 2 is 1.86 bits per heavy atom. The maximum Gasteiger partial charge on any atom is 0.262 e. The van der Waals surface area contributed by atoms with Crippen LogP contribution in [0.2, 0.25) is 0 Å². The van der Waals surface area contributed by atoms with Crippen molar-refractivity contribution in [1.82, 2.24) is 10.6 Å². The smallest absolute Gasteiger partial charge is 0.262 e. The van der Waals surface area contributed by atoms with E-state index in [-0.39, 0.29) is 17.9 Å². The van der Waals surface area contributed by atoms with Gasteiger partial charge >= 0.3 is 0 Å². The first-order valence-corrected chi connectivity index (χ1v) is 11.5. The molecule has 2 aromatic heterocycles. The van der Waals surface area contributed by atoms with Crippen LogP contribution in [0.1, 0.15) is 63.3 Å². The Bertz CT molecular complexity index is 930. The molecule has 4 nitrogen and oxygen atoms in total. The number of hydrogen-bond acceptors (Lipinski definition) is 4. The maximum absolute atomic E-state index is 12.9. The van der Waals surface area contributed by atoms with Crippen molar-refractivity contribution in [3.05, 3.63) is 79.7 Å². The summed E-state index contributed by atoms with van der Waals surface area (Å²) in [6.07, 6.45) is 3.45. The van der Waals surface area contributed by atoms with Crippen LogP contribution in [0.5, 0.6) is 0 Å². The average molecular weight is 427 g/mol. The highest BCUT2D eigenvalue weighted by Gasteiger charge is 2.20. The van der Waals surface area contributed by atoms with Crippen molar-refractivity contribution in [3.8, 4) is 0 Å². The van der Waals surface area contributed by atoms with Crippen molar-refractivity contribution in [2.24, 2.45) is 0 Å². The summed E-state index contributed by atoms with van der Waals surface area (Å²) in [6.45, 7) is 4.13. The van der Waals surface area contributed by atoms with E-state index in [1.807, 2.05) is 23.6 Å². The van der Waals surface area contributed by atoms with E-state index in [2.05, 4.69) is 47.9 Å². The first kappa shape index (κ1) is 21.3. The molecule has 0 fully saturated rings. The Morgan fingerprint density at radius 1 is 1.07 bits per heavy atom. The molecule has 6 heteroatoms. The molecule has 0 aliphatic heterocycles. The number of carbonyl (C=O) groups excluding carboxylic acids is 2. The number of thiophene rings is 2. The standard InChI is InChI=1S/C23H26N2O2S2/c1-3-4-6-17-8-10-18(11-9-17)22(20-7-5-14-28-20)25-23(27)21-13-12-19(29-21)15-24-16(2)26/h5,7-14,22H,3-4,6,15H2,1-2H3,(H,24,26)(H,25,27). The summed E-state index contributed by atoms with van der Waals surface area (Å²) >= 11 is 3.04. The van der Waals surface area contributed by atoms with Gasteiger partial charge in [0.1, 0.15) is 0 Å². The first-order valence-electron chi connectivity index (χ1n) is 9.83. The van der Waals surface area contributed by atoms with Gasteiger partial charge in [0.15, 0.2) is 0 Å². The molecule has 0 aliphatic rings. The lowest BCUT2D eigenvalue weighted by Crippen LogP contribution is -2.28. The molecule has 0 spiro atoms. The van der Waals surface area contributed by atoms with E-state index in [0.717, 1.165) is 21.7 Å². The fraction of sp³-hybridized carbons (Fsp3) is 0.304. The summed E-state index contributed by atoms with van der Waals surface area (Å²) in [6, 6.07) is 16.1. The Labute approximate surface area is 180 Å². The highest BCUT2D eigenvalue weighted by Crippen LogP contribution is 2.28. The van der Waals surface area contributed by atoms with E-state index in [4.69, 9.17) is 0 Å². The normalized spacial score (nSPS) is 11.8. The van der Waals surface area contributed by atoms with Gasteiger partial charge in [-0.05, 0) is 47.5 Å². The number of nitrogens with one attached hydrogen (secondary N) is 2. The van der Waals surface area contributed by atoms with E-state index in [0.29, 0.717) is 11.4 Å². The molecule has 3 rings (SSSR count). The molecule has 2 heterocycles. The highest BCUT2D eigenvalue weighted by atomic mass is 32.1. The molecule has 0 radical (unpaired) electrons. The zero-order chi connectivity index (χ0) is 20.6. The van der Waals surface area contributed by atoms with Crippen LogP contribution in [0.25, 0.3) is 0 Å². The summed E-state index contributed by atoms with van der Waals surface area (Å²) in [4.78, 5) is 26.7. The number of unbranched alkanes of at least 4 members (excludes halogenated alkanes) is 1. The highest BCUT2D eigenvalue weighted by molar-refractivity contribution is 7.14. The molecule has 152 valence electrons. The molecule has 0 aliphatic carbocycles. The lowest BCUT2D eigenvalue weighted by molar-refractivity contribution is -0.119. The Morgan fingerprint density at radius 3 is 2.52 bits per heavy atom. The number of carbonyl (C=O) groups is 2. The molecule has 0 saturated carbocycles. The number of hydrogen-bond donors (Lipinski definition) is 2. The number of benzene rings is 1. The molecule has 2 amide bonds. The van der Waals surface area contributed by atoms with E-state index in [1.54, 1.807) is 11.3 Å². The molecular formula is C23H26N2O2S2. The molecule has 0 saturated heterocycles. The van der Waals surface area contributed by atoms with Gasteiger partial charge in [-0.2, -0.15) is 0 Å². The van der Waals surface area contributed by atoms with Crippen LogP contribution < -0.4 is 10.6 Å². The minimum absolute atomic E-state index is 0.0791. The number of rotatable bonds is 9. The van der Waals surface area contributed by atoms with Gasteiger partial charge in [0.25, 0.3) is 5.91 Å². The fourth-order valence-corrected chi connectivity index (χ4v) is 4.69. The van der Waals surface area contributed by atoms with Gasteiger partial charge < -0.3 is 10.6 Å². The lowest BCUT2D eigenvalue weighted by atomic mass is 10.0. The first-order chi connectivity index (χ1) is 14.1. The van der Waals surface area contributed by atoms with E-state index in [1.165, 1.54) is 36.7 Å². The molecular weight excluding hydrogens is 400 g/mol. The Kier molecular flexibility index (Phi) is 7.61. The fourth-order valence-electron chi connectivity index (χ4n) is 3.04. The van der Waals surface area contributed by atoms with Crippen LogP contribution in [0, 0.1) is 0 Å². The Balaban J connectivity index is 1.74. The van der Waals surface area contributed by atoms with Crippen LogP contribution >= 0.6 is 22.7 Å². The van der Waals surface area contributed by atoms with Crippen molar-refractivity contribution in [1.29, 1.82) is 0 Å². The van der Waals surface area contributed by atoms with Crippen LogP contribution in [0.4, 0.5) is 0 Å². The molecule has 1 atom stereocenters. The molecule has 0 bridgehead atoms. The third-order valence-corrected chi connectivity index (χ3v) is 6.65. The monoisotopic (exact) mass is 426 g/mol. The zero-order valence-electron chi connectivity index (χ0n) is 16.7. The van der Waals surface area contributed by atoms with Gasteiger partial charge in [-0.1, -0.05) is 43.7 Å². The second-order valence-corrected chi connectivity index (χ2v) is 9.09. The third-order valence-electron chi connectivity index (χ3n) is 4.63. The zero-order valence-corrected chi connectivity index (χ0v) is 18.4. The largest absolute Gasteiger partial charge is 0.351 e. The van der Waals surface area contributed by atoms with Crippen molar-refractivity contribution < 1.29 is 9.59 Å². The predicted octanol–water partition coefficient (Wildman–Crippen LogP) is 5.31. The van der Waals surface area contributed by atoms with Gasteiger partial charge in [0.2, 0.25) is 5.91 Å². The predicted molar refractivity (Wildman–Crippen MR) is 121 cm³/mol. The number of aryl methyl sites for hydroxylation is 1. The van der Waals surface area contributed by atoms with E-state index < -0.39 is 0 Å². The van der Waals surface area contributed by atoms with Crippen molar-refractivity contribution in [2.45, 2.75) is 45.7 Å². The van der Waals surface area contributed by atoms with Crippen LogP contribution in [0.3, 0.4) is 0 Å². The molecule has 1 unspecified atom stereocenters. The van der Waals surface area contributed by atoms with Crippen LogP contribution in [-0.4, -0.2) is 11.8 Å². The molecule has 3 aromatic rings. The van der Waals surface area contributed by atoms with Gasteiger partial charge in [0.05, 0.1) is 17.5 Å². The van der Waals surface area contributed by atoms with Gasteiger partial charge in [-0.25, -0.2) is 0 Å².